The molecule has 10 rings (SSSR count). The summed E-state index contributed by atoms with van der Waals surface area (Å²) in [6.07, 6.45) is 11.8. The number of rotatable bonds is 0. The van der Waals surface area contributed by atoms with E-state index in [4.69, 9.17) is 0 Å². The summed E-state index contributed by atoms with van der Waals surface area (Å²) in [6.45, 7) is 0. The van der Waals surface area contributed by atoms with Gasteiger partial charge < -0.3 is 0 Å². The molecule has 0 atom stereocenters. The molecule has 4 aliphatic rings. The molecule has 0 amide bonds. The quantitative estimate of drug-likeness (QED) is 0.186. The van der Waals surface area contributed by atoms with E-state index >= 15 is 0 Å². The van der Waals surface area contributed by atoms with Crippen molar-refractivity contribution in [1.29, 1.82) is 0 Å². The Hall–Kier alpha value is -3.64. The van der Waals surface area contributed by atoms with Crippen LogP contribution >= 0.6 is 0 Å². The minimum Gasteiger partial charge on any atom is -0.0759 e. The monoisotopic (exact) mass is 402 g/mol. The van der Waals surface area contributed by atoms with Crippen LogP contribution in [0, 0.1) is 0 Å². The topological polar surface area (TPSA) is 0 Å². The van der Waals surface area contributed by atoms with Gasteiger partial charge in [-0.2, -0.15) is 0 Å². The molecule has 0 aliphatic heterocycles. The van der Waals surface area contributed by atoms with Crippen molar-refractivity contribution in [3.63, 3.8) is 0 Å². The fraction of sp³-hybridized carbons (Fsp3) is 0.125. The van der Waals surface area contributed by atoms with Crippen molar-refractivity contribution < 1.29 is 0 Å². The fourth-order valence-corrected chi connectivity index (χ4v) is 7.80. The molecule has 0 saturated heterocycles. The first-order valence-corrected chi connectivity index (χ1v) is 11.9. The zero-order chi connectivity index (χ0) is 20.3. The van der Waals surface area contributed by atoms with E-state index in [9.17, 15) is 0 Å². The van der Waals surface area contributed by atoms with Crippen LogP contribution in [0.2, 0.25) is 0 Å². The highest BCUT2D eigenvalue weighted by molar-refractivity contribution is 6.41. The van der Waals surface area contributed by atoms with E-state index < -0.39 is 0 Å². The highest BCUT2D eigenvalue weighted by Crippen LogP contribution is 2.56. The molecule has 0 heterocycles. The van der Waals surface area contributed by atoms with Crippen molar-refractivity contribution in [1.82, 2.24) is 0 Å². The summed E-state index contributed by atoms with van der Waals surface area (Å²) in [5.74, 6) is 0. The summed E-state index contributed by atoms with van der Waals surface area (Å²) < 4.78 is 0. The molecule has 0 fully saturated rings. The van der Waals surface area contributed by atoms with Crippen LogP contribution < -0.4 is 5.22 Å². The molecule has 6 aromatic carbocycles. The van der Waals surface area contributed by atoms with Gasteiger partial charge in [0.1, 0.15) is 0 Å². The Morgan fingerprint density at radius 1 is 0.438 bits per heavy atom. The molecule has 4 aliphatic carbocycles. The van der Waals surface area contributed by atoms with Crippen LogP contribution in [0.3, 0.4) is 0 Å². The van der Waals surface area contributed by atoms with Gasteiger partial charge in [-0.1, -0.05) is 54.6 Å². The summed E-state index contributed by atoms with van der Waals surface area (Å²) in [7, 11) is 0. The standard InChI is InChI=1S/C32H18/c1-2-16-6-10-20-14-22-12-8-18-4-3-17-7-11-21-13-19-9-5-15(1)23-24(16)28(20)32-30(22)26(18)25(17)29(21)31(32)27(19)23/h1-5,9-13H,6-8,14H2. The Balaban J connectivity index is 1.74. The van der Waals surface area contributed by atoms with Crippen molar-refractivity contribution in [3.05, 3.63) is 87.7 Å². The predicted molar refractivity (Wildman–Crippen MR) is 137 cm³/mol. The predicted octanol–water partition coefficient (Wildman–Crippen LogP) is 7.23. The normalized spacial score (nSPS) is 17.5. The van der Waals surface area contributed by atoms with Gasteiger partial charge in [-0.25, -0.2) is 0 Å². The summed E-state index contributed by atoms with van der Waals surface area (Å²) >= 11 is 0. The van der Waals surface area contributed by atoms with Crippen LogP contribution in [0.15, 0.2) is 54.6 Å². The van der Waals surface area contributed by atoms with Crippen molar-refractivity contribution in [2.75, 3.05) is 0 Å². The Morgan fingerprint density at radius 2 is 1.03 bits per heavy atom. The van der Waals surface area contributed by atoms with Gasteiger partial charge in [-0.15, -0.1) is 0 Å². The van der Waals surface area contributed by atoms with Gasteiger partial charge in [0.2, 0.25) is 0 Å². The van der Waals surface area contributed by atoms with Gasteiger partial charge in [0, 0.05) is 0 Å². The lowest BCUT2D eigenvalue weighted by Crippen LogP contribution is -2.16. The second kappa shape index (κ2) is 4.59. The number of benzene rings is 6. The number of hydrogen-bond acceptors (Lipinski definition) is 0. The van der Waals surface area contributed by atoms with Gasteiger partial charge in [0.25, 0.3) is 0 Å². The zero-order valence-electron chi connectivity index (χ0n) is 17.6. The van der Waals surface area contributed by atoms with Crippen LogP contribution in [0.1, 0.15) is 34.2 Å². The van der Waals surface area contributed by atoms with Crippen molar-refractivity contribution in [2.45, 2.75) is 25.7 Å². The van der Waals surface area contributed by atoms with E-state index in [1.807, 2.05) is 0 Å². The van der Waals surface area contributed by atoms with Gasteiger partial charge >= 0.3 is 0 Å². The average molecular weight is 402 g/mol. The Bertz CT molecular complexity index is 2060. The minimum atomic E-state index is 1.05. The van der Waals surface area contributed by atoms with Crippen LogP contribution in [0.25, 0.3) is 71.1 Å². The first kappa shape index (κ1) is 15.2. The van der Waals surface area contributed by atoms with E-state index in [0.717, 1.165) is 25.7 Å². The maximum Gasteiger partial charge on any atom is -0.000140 e. The van der Waals surface area contributed by atoms with E-state index in [-0.39, 0.29) is 0 Å². The lowest BCUT2D eigenvalue weighted by Gasteiger charge is -2.34. The zero-order valence-corrected chi connectivity index (χ0v) is 17.6. The molecular formula is C32H18. The molecule has 0 radical (unpaired) electrons. The van der Waals surface area contributed by atoms with Crippen LogP contribution in [-0.2, 0) is 19.3 Å². The lowest BCUT2D eigenvalue weighted by atomic mass is 9.68. The lowest BCUT2D eigenvalue weighted by molar-refractivity contribution is 1.21. The molecule has 0 nitrogen and oxygen atoms in total. The van der Waals surface area contributed by atoms with E-state index in [1.54, 1.807) is 49.2 Å². The fourth-order valence-electron chi connectivity index (χ4n) is 7.80. The van der Waals surface area contributed by atoms with Gasteiger partial charge in [0.05, 0.1) is 0 Å². The minimum absolute atomic E-state index is 1.05. The van der Waals surface area contributed by atoms with Crippen LogP contribution in [0.4, 0.5) is 0 Å². The first-order valence-electron chi connectivity index (χ1n) is 11.9. The Kier molecular flexibility index (Phi) is 2.18. The van der Waals surface area contributed by atoms with Gasteiger partial charge in [0.15, 0.2) is 0 Å². The summed E-state index contributed by atoms with van der Waals surface area (Å²) in [5, 5.41) is 16.6. The second-order valence-electron chi connectivity index (χ2n) is 10.3. The van der Waals surface area contributed by atoms with Crippen LogP contribution in [0.5, 0.6) is 0 Å². The molecular weight excluding hydrogens is 384 g/mol. The van der Waals surface area contributed by atoms with E-state index in [0.29, 0.717) is 0 Å². The van der Waals surface area contributed by atoms with E-state index in [1.165, 1.54) is 48.8 Å². The molecule has 32 heavy (non-hydrogen) atoms. The highest BCUT2D eigenvalue weighted by atomic mass is 14.4. The molecule has 0 unspecified atom stereocenters. The number of allylic oxidation sites excluding steroid dienone is 4. The van der Waals surface area contributed by atoms with Gasteiger partial charge in [-0.3, -0.25) is 0 Å². The molecule has 0 bridgehead atoms. The van der Waals surface area contributed by atoms with Crippen molar-refractivity contribution in [2.24, 2.45) is 0 Å². The maximum atomic E-state index is 2.53. The molecule has 0 aromatic heterocycles. The first-order chi connectivity index (χ1) is 15.9. The van der Waals surface area contributed by atoms with Crippen molar-refractivity contribution in [3.8, 4) is 0 Å². The molecule has 0 spiro atoms. The third-order valence-electron chi connectivity index (χ3n) is 8.98. The summed E-state index contributed by atoms with van der Waals surface area (Å²) in [6, 6.07) is 16.8. The SMILES string of the molecule is C1=C2CC3=CCc4ccc5ccc6cc7c8c9c(ccc(c9c2c2c3c4c5c6c28)C1)CC=7. The molecule has 146 valence electrons. The third kappa shape index (κ3) is 1.39. The third-order valence-corrected chi connectivity index (χ3v) is 8.98. The molecule has 0 heteroatoms. The molecule has 0 saturated carbocycles. The van der Waals surface area contributed by atoms with E-state index in [2.05, 4.69) is 60.7 Å². The highest BCUT2D eigenvalue weighted by Gasteiger charge is 2.33. The molecule has 0 N–H and O–H groups in total. The van der Waals surface area contributed by atoms with Crippen LogP contribution in [-0.4, -0.2) is 0 Å². The Labute approximate surface area is 184 Å². The largest absolute Gasteiger partial charge is 0.0759 e. The Morgan fingerprint density at radius 3 is 1.84 bits per heavy atom. The maximum absolute atomic E-state index is 2.53. The summed E-state index contributed by atoms with van der Waals surface area (Å²) in [5.41, 5.74) is 10.8. The molecule has 6 aromatic rings. The number of hydrogen-bond donors (Lipinski definition) is 0. The smallest absolute Gasteiger partial charge is 0.000140 e. The average Bonchev–Trinajstić information content (AvgIpc) is 2.85. The second-order valence-corrected chi connectivity index (χ2v) is 10.3. The van der Waals surface area contributed by atoms with Gasteiger partial charge in [-0.05, 0) is 130 Å². The van der Waals surface area contributed by atoms with Crippen molar-refractivity contribution >= 4 is 71.1 Å². The summed E-state index contributed by atoms with van der Waals surface area (Å²) in [4.78, 5) is 0.